The molecule has 190 valence electrons. The smallest absolute Gasteiger partial charge is 0.227 e. The Kier molecular flexibility index (Phi) is 7.35. The fourth-order valence-corrected chi connectivity index (χ4v) is 5.60. The molecule has 36 heavy (non-hydrogen) atoms. The zero-order valence-corrected chi connectivity index (χ0v) is 22.2. The van der Waals surface area contributed by atoms with Gasteiger partial charge >= 0.3 is 0 Å². The van der Waals surface area contributed by atoms with Crippen molar-refractivity contribution in [2.45, 2.75) is 40.2 Å². The van der Waals surface area contributed by atoms with E-state index in [-0.39, 0.29) is 5.92 Å². The second kappa shape index (κ2) is 10.7. The Balaban J connectivity index is 1.18. The van der Waals surface area contributed by atoms with Crippen molar-refractivity contribution in [1.82, 2.24) is 14.8 Å². The van der Waals surface area contributed by atoms with Gasteiger partial charge in [-0.3, -0.25) is 9.69 Å². The summed E-state index contributed by atoms with van der Waals surface area (Å²) in [5, 5.41) is 0.754. The summed E-state index contributed by atoms with van der Waals surface area (Å²) in [6.45, 7) is 11.8. The van der Waals surface area contributed by atoms with Gasteiger partial charge in [0.1, 0.15) is 5.76 Å². The normalized spacial score (nSPS) is 19.1. The maximum Gasteiger partial charge on any atom is 0.227 e. The first kappa shape index (κ1) is 24.8. The van der Waals surface area contributed by atoms with Crippen molar-refractivity contribution in [3.05, 3.63) is 70.1 Å². The van der Waals surface area contributed by atoms with Crippen LogP contribution in [0.15, 0.2) is 46.9 Å². The van der Waals surface area contributed by atoms with E-state index in [1.165, 1.54) is 16.8 Å². The average molecular weight is 507 g/mol. The molecule has 1 amide bonds. The topological polar surface area (TPSA) is 52.8 Å². The molecule has 2 fully saturated rings. The highest BCUT2D eigenvalue weighted by Crippen LogP contribution is 2.28. The number of hydrogen-bond acceptors (Lipinski definition) is 5. The van der Waals surface area contributed by atoms with Gasteiger partial charge in [-0.2, -0.15) is 0 Å². The number of halogens is 1. The minimum absolute atomic E-state index is 0.0432. The van der Waals surface area contributed by atoms with E-state index >= 15 is 0 Å². The average Bonchev–Trinajstić information content (AvgIpc) is 3.25. The summed E-state index contributed by atoms with van der Waals surface area (Å²) in [4.78, 5) is 25.0. The molecule has 5 rings (SSSR count). The van der Waals surface area contributed by atoms with Crippen LogP contribution >= 0.6 is 11.6 Å². The van der Waals surface area contributed by atoms with Crippen molar-refractivity contribution in [2.24, 2.45) is 5.92 Å². The van der Waals surface area contributed by atoms with Crippen LogP contribution in [0.5, 0.6) is 0 Å². The van der Waals surface area contributed by atoms with Gasteiger partial charge in [0.25, 0.3) is 0 Å². The Bertz CT molecular complexity index is 1230. The summed E-state index contributed by atoms with van der Waals surface area (Å²) in [5.41, 5.74) is 5.54. The van der Waals surface area contributed by atoms with Gasteiger partial charge < -0.3 is 14.2 Å². The minimum atomic E-state index is 0.0432. The van der Waals surface area contributed by atoms with Gasteiger partial charge in [0.15, 0.2) is 0 Å². The van der Waals surface area contributed by atoms with Crippen LogP contribution in [-0.4, -0.2) is 60.0 Å². The number of hydrogen-bond donors (Lipinski definition) is 0. The van der Waals surface area contributed by atoms with Gasteiger partial charge in [-0.05, 0) is 70.0 Å². The van der Waals surface area contributed by atoms with Crippen LogP contribution in [0.2, 0.25) is 5.02 Å². The van der Waals surface area contributed by atoms with Crippen LogP contribution in [0.1, 0.15) is 35.4 Å². The number of carbonyl (C=O) groups is 1. The first-order valence-electron chi connectivity index (χ1n) is 12.9. The molecule has 0 aliphatic carbocycles. The van der Waals surface area contributed by atoms with Crippen LogP contribution in [0.25, 0.3) is 11.5 Å². The van der Waals surface area contributed by atoms with Crippen molar-refractivity contribution >= 4 is 23.2 Å². The van der Waals surface area contributed by atoms with Crippen LogP contribution in [0.4, 0.5) is 5.69 Å². The van der Waals surface area contributed by atoms with E-state index in [2.05, 4.69) is 46.7 Å². The van der Waals surface area contributed by atoms with Crippen molar-refractivity contribution in [2.75, 3.05) is 44.2 Å². The summed E-state index contributed by atoms with van der Waals surface area (Å²) >= 11 is 6.23. The third-order valence-corrected chi connectivity index (χ3v) is 7.72. The lowest BCUT2D eigenvalue weighted by molar-refractivity contribution is -0.137. The lowest BCUT2D eigenvalue weighted by atomic mass is 9.96. The third-order valence-electron chi connectivity index (χ3n) is 7.49. The SMILES string of the molecule is Cc1cccc(-c2nc(CN3CCC[C@@H](C(=O)N4CCN(c5cc(Cl)ccc5C)CC4)C3)c(C)o2)c1. The molecule has 2 aliphatic heterocycles. The van der Waals surface area contributed by atoms with Crippen molar-refractivity contribution in [3.8, 4) is 11.5 Å². The van der Waals surface area contributed by atoms with Crippen LogP contribution in [0, 0.1) is 26.7 Å². The molecule has 0 unspecified atom stereocenters. The predicted molar refractivity (Wildman–Crippen MR) is 144 cm³/mol. The molecule has 3 aromatic rings. The molecule has 3 heterocycles. The largest absolute Gasteiger partial charge is 0.441 e. The monoisotopic (exact) mass is 506 g/mol. The standard InChI is InChI=1S/C29H35ClN4O2/c1-20-6-4-7-23(16-20)28-31-26(22(3)36-28)19-32-11-5-8-24(18-32)29(35)34-14-12-33(13-15-34)27-17-25(30)10-9-21(27)2/h4,6-7,9-10,16-17,24H,5,8,11-15,18-19H2,1-3H3/t24-/m1/s1. The number of carbonyl (C=O) groups excluding carboxylic acids is 1. The van der Waals surface area contributed by atoms with Crippen molar-refractivity contribution in [3.63, 3.8) is 0 Å². The second-order valence-electron chi connectivity index (χ2n) is 10.2. The van der Waals surface area contributed by atoms with E-state index < -0.39 is 0 Å². The number of aryl methyl sites for hydroxylation is 3. The molecule has 0 saturated carbocycles. The first-order valence-corrected chi connectivity index (χ1v) is 13.3. The zero-order chi connectivity index (χ0) is 25.2. The highest BCUT2D eigenvalue weighted by molar-refractivity contribution is 6.30. The van der Waals surface area contributed by atoms with Crippen LogP contribution in [-0.2, 0) is 11.3 Å². The Morgan fingerprint density at radius 2 is 1.86 bits per heavy atom. The number of piperazine rings is 1. The predicted octanol–water partition coefficient (Wildman–Crippen LogP) is 5.48. The van der Waals surface area contributed by atoms with Crippen LogP contribution in [0.3, 0.4) is 0 Å². The third kappa shape index (κ3) is 5.45. The molecule has 2 saturated heterocycles. The molecule has 2 aliphatic rings. The van der Waals surface area contributed by atoms with E-state index in [0.29, 0.717) is 18.3 Å². The number of amides is 1. The van der Waals surface area contributed by atoms with Gasteiger partial charge in [0, 0.05) is 55.5 Å². The van der Waals surface area contributed by atoms with Gasteiger partial charge in [0.2, 0.25) is 11.8 Å². The highest BCUT2D eigenvalue weighted by atomic mass is 35.5. The number of nitrogens with zero attached hydrogens (tertiary/aromatic N) is 4. The van der Waals surface area contributed by atoms with Gasteiger partial charge in [-0.1, -0.05) is 35.4 Å². The summed E-state index contributed by atoms with van der Waals surface area (Å²) in [6, 6.07) is 14.3. The summed E-state index contributed by atoms with van der Waals surface area (Å²) < 4.78 is 6.00. The number of likely N-dealkylation sites (tertiary alicyclic amines) is 1. The number of piperidine rings is 1. The van der Waals surface area contributed by atoms with Crippen molar-refractivity contribution < 1.29 is 9.21 Å². The fraction of sp³-hybridized carbons (Fsp3) is 0.448. The molecular formula is C29H35ClN4O2. The van der Waals surface area contributed by atoms with Gasteiger partial charge in [-0.15, -0.1) is 0 Å². The van der Waals surface area contributed by atoms with Gasteiger partial charge in [-0.25, -0.2) is 4.98 Å². The Labute approximate surface area is 218 Å². The molecule has 1 aromatic heterocycles. The Hall–Kier alpha value is -2.83. The summed E-state index contributed by atoms with van der Waals surface area (Å²) in [5.74, 6) is 1.86. The molecule has 7 heteroatoms. The molecule has 1 atom stereocenters. The molecule has 0 N–H and O–H groups in total. The maximum absolute atomic E-state index is 13.4. The highest BCUT2D eigenvalue weighted by Gasteiger charge is 2.32. The number of aromatic nitrogens is 1. The minimum Gasteiger partial charge on any atom is -0.441 e. The first-order chi connectivity index (χ1) is 17.4. The second-order valence-corrected chi connectivity index (χ2v) is 10.6. The van der Waals surface area contributed by atoms with E-state index in [1.807, 2.05) is 31.2 Å². The molecule has 0 spiro atoms. The molecule has 0 radical (unpaired) electrons. The Morgan fingerprint density at radius 1 is 1.06 bits per heavy atom. The molecule has 6 nitrogen and oxygen atoms in total. The van der Waals surface area contributed by atoms with Crippen LogP contribution < -0.4 is 4.90 Å². The maximum atomic E-state index is 13.4. The number of anilines is 1. The molecule has 2 aromatic carbocycles. The lowest BCUT2D eigenvalue weighted by Gasteiger charge is -2.40. The van der Waals surface area contributed by atoms with E-state index in [9.17, 15) is 4.79 Å². The zero-order valence-electron chi connectivity index (χ0n) is 21.5. The van der Waals surface area contributed by atoms with E-state index in [0.717, 1.165) is 74.2 Å². The summed E-state index contributed by atoms with van der Waals surface area (Å²) in [7, 11) is 0. The number of benzene rings is 2. The quantitative estimate of drug-likeness (QED) is 0.458. The van der Waals surface area contributed by atoms with E-state index in [4.69, 9.17) is 21.0 Å². The number of oxazole rings is 1. The van der Waals surface area contributed by atoms with E-state index in [1.54, 1.807) is 0 Å². The summed E-state index contributed by atoms with van der Waals surface area (Å²) in [6.07, 6.45) is 1.98. The Morgan fingerprint density at radius 3 is 2.64 bits per heavy atom. The molecular weight excluding hydrogens is 472 g/mol. The lowest BCUT2D eigenvalue weighted by Crippen LogP contribution is -2.52. The van der Waals surface area contributed by atoms with Gasteiger partial charge in [0.05, 0.1) is 11.6 Å². The fourth-order valence-electron chi connectivity index (χ4n) is 5.44. The van der Waals surface area contributed by atoms with Crippen molar-refractivity contribution in [1.29, 1.82) is 0 Å². The molecule has 0 bridgehead atoms. The number of rotatable bonds is 5.